The van der Waals surface area contributed by atoms with Crippen molar-refractivity contribution < 1.29 is 14.3 Å². The summed E-state index contributed by atoms with van der Waals surface area (Å²) in [5.41, 5.74) is 1.88. The summed E-state index contributed by atoms with van der Waals surface area (Å²) in [6.45, 7) is 1.78. The van der Waals surface area contributed by atoms with Crippen molar-refractivity contribution in [3.8, 4) is 0 Å². The zero-order valence-electron chi connectivity index (χ0n) is 13.5. The van der Waals surface area contributed by atoms with Gasteiger partial charge in [-0.25, -0.2) is 9.78 Å². The van der Waals surface area contributed by atoms with Gasteiger partial charge in [0.15, 0.2) is 0 Å². The number of nitrogens with zero attached hydrogens (tertiary/aromatic N) is 2. The van der Waals surface area contributed by atoms with Gasteiger partial charge in [-0.05, 0) is 18.1 Å². The van der Waals surface area contributed by atoms with Crippen molar-refractivity contribution >= 4 is 39.3 Å². The molecule has 0 aliphatic carbocycles. The molecule has 1 aliphatic heterocycles. The van der Waals surface area contributed by atoms with E-state index in [4.69, 9.17) is 21.1 Å². The van der Waals surface area contributed by atoms with Gasteiger partial charge in [-0.1, -0.05) is 30.3 Å². The Morgan fingerprint density at radius 2 is 2.20 bits per heavy atom. The van der Waals surface area contributed by atoms with Crippen molar-refractivity contribution in [1.82, 2.24) is 9.55 Å². The van der Waals surface area contributed by atoms with Crippen LogP contribution in [0.1, 0.15) is 27.5 Å². The van der Waals surface area contributed by atoms with Crippen molar-refractivity contribution in [3.63, 3.8) is 0 Å². The molecule has 130 valence electrons. The lowest BCUT2D eigenvalue weighted by atomic mass is 10.2. The molecule has 25 heavy (non-hydrogen) atoms. The number of carbonyl (C=O) groups is 1. The van der Waals surface area contributed by atoms with E-state index in [1.54, 1.807) is 0 Å². The van der Waals surface area contributed by atoms with E-state index < -0.39 is 0 Å². The SMILES string of the molecule is O=C(OCc1ccccc1)c1cc2c(nc(CCl)n2C[C@@H]2CCO2)s1. The molecule has 1 aliphatic rings. The maximum absolute atomic E-state index is 12.3. The third-order valence-corrected chi connectivity index (χ3v) is 5.48. The fourth-order valence-corrected chi connectivity index (χ4v) is 3.94. The lowest BCUT2D eigenvalue weighted by molar-refractivity contribution is -0.0589. The normalized spacial score (nSPS) is 16.8. The maximum Gasteiger partial charge on any atom is 0.348 e. The molecular weight excluding hydrogens is 360 g/mol. The van der Waals surface area contributed by atoms with E-state index >= 15 is 0 Å². The van der Waals surface area contributed by atoms with Crippen molar-refractivity contribution in [3.05, 3.63) is 52.7 Å². The molecule has 0 saturated carbocycles. The van der Waals surface area contributed by atoms with E-state index in [9.17, 15) is 4.79 Å². The van der Waals surface area contributed by atoms with Crippen LogP contribution >= 0.6 is 22.9 Å². The Hall–Kier alpha value is -1.89. The van der Waals surface area contributed by atoms with Crippen LogP contribution in [-0.4, -0.2) is 28.2 Å². The van der Waals surface area contributed by atoms with Crippen LogP contribution in [0, 0.1) is 0 Å². The predicted octanol–water partition coefficient (Wildman–Crippen LogP) is 3.98. The van der Waals surface area contributed by atoms with Crippen LogP contribution in [0.5, 0.6) is 0 Å². The fraction of sp³-hybridized carbons (Fsp3) is 0.333. The number of aromatic nitrogens is 2. The third-order valence-electron chi connectivity index (χ3n) is 4.24. The highest BCUT2D eigenvalue weighted by Crippen LogP contribution is 2.29. The average molecular weight is 377 g/mol. The highest BCUT2D eigenvalue weighted by Gasteiger charge is 2.23. The van der Waals surface area contributed by atoms with Crippen LogP contribution < -0.4 is 0 Å². The van der Waals surface area contributed by atoms with Crippen LogP contribution in [0.3, 0.4) is 0 Å². The quantitative estimate of drug-likeness (QED) is 0.482. The summed E-state index contributed by atoms with van der Waals surface area (Å²) in [6.07, 6.45) is 1.24. The molecule has 0 radical (unpaired) electrons. The number of esters is 1. The Balaban J connectivity index is 1.53. The molecule has 0 amide bonds. The van der Waals surface area contributed by atoms with Gasteiger partial charge in [0.2, 0.25) is 0 Å². The molecule has 2 aromatic heterocycles. The molecule has 3 aromatic rings. The zero-order valence-corrected chi connectivity index (χ0v) is 15.1. The first-order chi connectivity index (χ1) is 12.2. The largest absolute Gasteiger partial charge is 0.457 e. The van der Waals surface area contributed by atoms with E-state index in [1.165, 1.54) is 11.3 Å². The summed E-state index contributed by atoms with van der Waals surface area (Å²) in [6, 6.07) is 11.5. The second kappa shape index (κ2) is 7.15. The second-order valence-electron chi connectivity index (χ2n) is 5.92. The lowest BCUT2D eigenvalue weighted by Crippen LogP contribution is -2.31. The number of rotatable bonds is 6. The van der Waals surface area contributed by atoms with Gasteiger partial charge in [0.25, 0.3) is 0 Å². The number of thiophene rings is 1. The van der Waals surface area contributed by atoms with E-state index in [2.05, 4.69) is 9.55 Å². The van der Waals surface area contributed by atoms with Crippen LogP contribution in [0.4, 0.5) is 0 Å². The summed E-state index contributed by atoms with van der Waals surface area (Å²) < 4.78 is 13.0. The third kappa shape index (κ3) is 3.42. The van der Waals surface area contributed by atoms with Crippen LogP contribution in [0.25, 0.3) is 10.3 Å². The first-order valence-electron chi connectivity index (χ1n) is 8.12. The number of hydrogen-bond donors (Lipinski definition) is 0. The van der Waals surface area contributed by atoms with E-state index in [1.807, 2.05) is 36.4 Å². The summed E-state index contributed by atoms with van der Waals surface area (Å²) in [7, 11) is 0. The Labute approximate surface area is 154 Å². The molecular formula is C18H17ClN2O3S. The van der Waals surface area contributed by atoms with Gasteiger partial charge >= 0.3 is 5.97 Å². The van der Waals surface area contributed by atoms with E-state index in [0.717, 1.165) is 34.8 Å². The summed E-state index contributed by atoms with van der Waals surface area (Å²) in [4.78, 5) is 18.3. The molecule has 7 heteroatoms. The number of benzene rings is 1. The lowest BCUT2D eigenvalue weighted by Gasteiger charge is -2.27. The number of alkyl halides is 1. The molecule has 1 aromatic carbocycles. The highest BCUT2D eigenvalue weighted by atomic mass is 35.5. The minimum Gasteiger partial charge on any atom is -0.457 e. The Morgan fingerprint density at radius 1 is 1.40 bits per heavy atom. The number of carbonyl (C=O) groups excluding carboxylic acids is 1. The molecule has 0 spiro atoms. The van der Waals surface area contributed by atoms with Crippen molar-refractivity contribution in [2.75, 3.05) is 6.61 Å². The van der Waals surface area contributed by atoms with Gasteiger partial charge in [-0.3, -0.25) is 0 Å². The monoisotopic (exact) mass is 376 g/mol. The minimum absolute atomic E-state index is 0.202. The number of fused-ring (bicyclic) bond motifs is 1. The molecule has 1 fully saturated rings. The maximum atomic E-state index is 12.3. The van der Waals surface area contributed by atoms with Crippen molar-refractivity contribution in [1.29, 1.82) is 0 Å². The predicted molar refractivity (Wildman–Crippen MR) is 97.1 cm³/mol. The molecule has 0 N–H and O–H groups in total. The van der Waals surface area contributed by atoms with Gasteiger partial charge in [0.1, 0.15) is 22.1 Å². The number of imidazole rings is 1. The molecule has 3 heterocycles. The molecule has 0 unspecified atom stereocenters. The van der Waals surface area contributed by atoms with Gasteiger partial charge in [-0.2, -0.15) is 0 Å². The van der Waals surface area contributed by atoms with E-state index in [-0.39, 0.29) is 18.7 Å². The van der Waals surface area contributed by atoms with Crippen LogP contribution in [0.2, 0.25) is 0 Å². The highest BCUT2D eigenvalue weighted by molar-refractivity contribution is 7.20. The van der Waals surface area contributed by atoms with Crippen LogP contribution in [-0.2, 0) is 28.5 Å². The summed E-state index contributed by atoms with van der Waals surface area (Å²) >= 11 is 7.35. The molecule has 0 bridgehead atoms. The molecule has 5 nitrogen and oxygen atoms in total. The topological polar surface area (TPSA) is 53.3 Å². The number of ether oxygens (including phenoxy) is 2. The molecule has 1 saturated heterocycles. The molecule has 4 rings (SSSR count). The first kappa shape index (κ1) is 16.6. The molecule has 1 atom stereocenters. The number of hydrogen-bond acceptors (Lipinski definition) is 5. The van der Waals surface area contributed by atoms with Crippen molar-refractivity contribution in [2.45, 2.75) is 31.6 Å². The van der Waals surface area contributed by atoms with Gasteiger partial charge in [-0.15, -0.1) is 22.9 Å². The summed E-state index contributed by atoms with van der Waals surface area (Å²) in [5.74, 6) is 0.815. The van der Waals surface area contributed by atoms with Gasteiger partial charge < -0.3 is 14.0 Å². The number of halogens is 1. The Bertz CT molecular complexity index is 887. The van der Waals surface area contributed by atoms with Gasteiger partial charge in [0, 0.05) is 6.61 Å². The fourth-order valence-electron chi connectivity index (χ4n) is 2.79. The Kier molecular flexibility index (Phi) is 4.74. The average Bonchev–Trinajstić information content (AvgIpc) is 3.15. The van der Waals surface area contributed by atoms with Gasteiger partial charge in [0.05, 0.1) is 24.0 Å². The smallest absolute Gasteiger partial charge is 0.348 e. The van der Waals surface area contributed by atoms with Crippen LogP contribution in [0.15, 0.2) is 36.4 Å². The zero-order chi connectivity index (χ0) is 17.2. The second-order valence-corrected chi connectivity index (χ2v) is 7.21. The Morgan fingerprint density at radius 3 is 2.88 bits per heavy atom. The first-order valence-corrected chi connectivity index (χ1v) is 9.47. The van der Waals surface area contributed by atoms with Crippen molar-refractivity contribution in [2.24, 2.45) is 0 Å². The summed E-state index contributed by atoms with van der Waals surface area (Å²) in [5, 5.41) is 0. The minimum atomic E-state index is -0.328. The van der Waals surface area contributed by atoms with E-state index in [0.29, 0.717) is 17.3 Å². The standard InChI is InChI=1S/C18H17ClN2O3S/c19-9-16-20-17-14(21(16)10-13-6-7-23-13)8-15(25-17)18(22)24-11-12-4-2-1-3-5-12/h1-5,8,13H,6-7,9-11H2/t13-/m0/s1.